The van der Waals surface area contributed by atoms with Crippen molar-refractivity contribution in [1.29, 1.82) is 5.26 Å². The summed E-state index contributed by atoms with van der Waals surface area (Å²) in [5.74, 6) is -1.08. The third-order valence-electron chi connectivity index (χ3n) is 3.56. The molecule has 14 heteroatoms. The Morgan fingerprint density at radius 2 is 2.00 bits per heavy atom. The molecule has 0 atom stereocenters. The second-order valence-electron chi connectivity index (χ2n) is 5.14. The number of benzene rings is 1. The number of nitrogens with zero attached hydrogens (tertiary/aromatic N) is 3. The van der Waals surface area contributed by atoms with Gasteiger partial charge in [-0.1, -0.05) is 0 Å². The van der Waals surface area contributed by atoms with Gasteiger partial charge in [0.2, 0.25) is 0 Å². The lowest BCUT2D eigenvalue weighted by Crippen LogP contribution is -2.23. The molecular weight excluding hydrogens is 409 g/mol. The molecule has 2 aromatic rings. The summed E-state index contributed by atoms with van der Waals surface area (Å²) in [7, 11) is -4.88. The van der Waals surface area contributed by atoms with E-state index >= 15 is 0 Å². The van der Waals surface area contributed by atoms with Gasteiger partial charge in [-0.2, -0.15) is 18.4 Å². The van der Waals surface area contributed by atoms with Crippen LogP contribution in [0.2, 0.25) is 0 Å². The molecule has 0 fully saturated rings. The van der Waals surface area contributed by atoms with Crippen molar-refractivity contribution in [2.75, 3.05) is 12.8 Å². The van der Waals surface area contributed by atoms with Crippen LogP contribution in [-0.4, -0.2) is 36.5 Å². The average Bonchev–Trinajstić information content (AvgIpc) is 2.95. The van der Waals surface area contributed by atoms with Crippen molar-refractivity contribution < 1.29 is 36.0 Å². The molecule has 0 spiro atoms. The molecule has 10 nitrogen and oxygen atoms in total. The summed E-state index contributed by atoms with van der Waals surface area (Å²) in [5.41, 5.74) is -2.73. The van der Waals surface area contributed by atoms with E-state index in [-0.39, 0.29) is 17.3 Å². The Kier molecular flexibility index (Phi) is 5.07. The van der Waals surface area contributed by atoms with Crippen LogP contribution in [0.1, 0.15) is 16.1 Å². The number of ether oxygens (including phenoxy) is 1. The zero-order chi connectivity index (χ0) is 21.4. The maximum Gasteiger partial charge on any atom is 0.501 e. The molecule has 0 aliphatic rings. The largest absolute Gasteiger partial charge is 0.501 e. The Labute approximate surface area is 154 Å². The standard InChI is InChI=1S/C14H9F3N4O6S/c1-27-13(22)12-11(19)7(5-18)6-20(12)9-3-2-8(4-10(9)21(23)24)28(25,26)14(15,16)17/h2-4,6H,19H2,1H3. The van der Waals surface area contributed by atoms with Crippen molar-refractivity contribution >= 4 is 27.2 Å². The van der Waals surface area contributed by atoms with Crippen molar-refractivity contribution in [3.8, 4) is 11.8 Å². The van der Waals surface area contributed by atoms with Crippen molar-refractivity contribution in [3.05, 3.63) is 45.8 Å². The molecule has 0 unspecified atom stereocenters. The van der Waals surface area contributed by atoms with E-state index in [4.69, 9.17) is 11.0 Å². The Balaban J connectivity index is 2.85. The number of nitriles is 1. The minimum absolute atomic E-state index is 0.196. The molecule has 0 saturated heterocycles. The first-order valence-electron chi connectivity index (χ1n) is 6.96. The SMILES string of the molecule is COC(=O)c1c(N)c(C#N)cn1-c1ccc(S(=O)(=O)C(F)(F)F)cc1[N+](=O)[O-]. The van der Waals surface area contributed by atoms with Gasteiger partial charge in [-0.05, 0) is 12.1 Å². The van der Waals surface area contributed by atoms with E-state index in [1.165, 1.54) is 0 Å². The van der Waals surface area contributed by atoms with E-state index in [1.807, 2.05) is 0 Å². The van der Waals surface area contributed by atoms with Crippen LogP contribution in [0.25, 0.3) is 5.69 Å². The summed E-state index contributed by atoms with van der Waals surface area (Å²) in [4.78, 5) is 20.8. The Bertz CT molecular complexity index is 1130. The number of rotatable bonds is 4. The lowest BCUT2D eigenvalue weighted by atomic mass is 10.2. The molecule has 1 heterocycles. The zero-order valence-electron chi connectivity index (χ0n) is 13.7. The topological polar surface area (TPSA) is 158 Å². The van der Waals surface area contributed by atoms with Gasteiger partial charge in [-0.25, -0.2) is 13.2 Å². The molecule has 0 radical (unpaired) electrons. The van der Waals surface area contributed by atoms with Gasteiger partial charge in [0, 0.05) is 12.3 Å². The van der Waals surface area contributed by atoms with Gasteiger partial charge in [0.05, 0.1) is 28.2 Å². The lowest BCUT2D eigenvalue weighted by Gasteiger charge is -2.12. The van der Waals surface area contributed by atoms with Crippen LogP contribution in [0, 0.1) is 21.4 Å². The first-order chi connectivity index (χ1) is 12.9. The predicted octanol–water partition coefficient (Wildman–Crippen LogP) is 1.92. The van der Waals surface area contributed by atoms with Gasteiger partial charge in [-0.3, -0.25) is 10.1 Å². The number of nitro groups is 1. The van der Waals surface area contributed by atoms with Crippen molar-refractivity contribution in [3.63, 3.8) is 0 Å². The summed E-state index contributed by atoms with van der Waals surface area (Å²) in [6.07, 6.45) is 0.932. The predicted molar refractivity (Wildman–Crippen MR) is 86.1 cm³/mol. The molecule has 148 valence electrons. The number of halogens is 3. The van der Waals surface area contributed by atoms with Gasteiger partial charge in [0.15, 0.2) is 5.69 Å². The summed E-state index contributed by atoms with van der Waals surface area (Å²) in [6, 6.07) is 3.00. The van der Waals surface area contributed by atoms with Crippen LogP contribution >= 0.6 is 0 Å². The van der Waals surface area contributed by atoms with Crippen LogP contribution in [0.5, 0.6) is 0 Å². The first-order valence-corrected chi connectivity index (χ1v) is 8.44. The van der Waals surface area contributed by atoms with Gasteiger partial charge in [-0.15, -0.1) is 0 Å². The highest BCUT2D eigenvalue weighted by atomic mass is 32.2. The quantitative estimate of drug-likeness (QED) is 0.448. The summed E-state index contributed by atoms with van der Waals surface area (Å²) in [6.45, 7) is 0. The van der Waals surface area contributed by atoms with E-state index in [0.717, 1.165) is 17.9 Å². The molecular formula is C14H9F3N4O6S. The second-order valence-corrected chi connectivity index (χ2v) is 7.08. The van der Waals surface area contributed by atoms with Crippen LogP contribution in [0.15, 0.2) is 29.3 Å². The molecule has 0 amide bonds. The van der Waals surface area contributed by atoms with Gasteiger partial charge in [0.25, 0.3) is 15.5 Å². The van der Waals surface area contributed by atoms with Crippen molar-refractivity contribution in [2.45, 2.75) is 10.4 Å². The molecule has 2 rings (SSSR count). The van der Waals surface area contributed by atoms with Gasteiger partial charge < -0.3 is 15.0 Å². The number of sulfone groups is 1. The molecule has 0 bridgehead atoms. The number of nitrogen functional groups attached to an aromatic ring is 1. The highest BCUT2D eigenvalue weighted by molar-refractivity contribution is 7.92. The molecule has 1 aromatic heterocycles. The molecule has 0 saturated carbocycles. The third-order valence-corrected chi connectivity index (χ3v) is 5.05. The number of hydrogen-bond acceptors (Lipinski definition) is 8. The highest BCUT2D eigenvalue weighted by Gasteiger charge is 2.47. The number of alkyl halides is 3. The van der Waals surface area contributed by atoms with Gasteiger partial charge in [0.1, 0.15) is 11.8 Å². The van der Waals surface area contributed by atoms with Crippen LogP contribution < -0.4 is 5.73 Å². The van der Waals surface area contributed by atoms with Gasteiger partial charge >= 0.3 is 11.5 Å². The van der Waals surface area contributed by atoms with Crippen molar-refractivity contribution in [2.24, 2.45) is 0 Å². The minimum atomic E-state index is -5.85. The number of anilines is 1. The second kappa shape index (κ2) is 6.85. The fourth-order valence-corrected chi connectivity index (χ4v) is 3.04. The van der Waals surface area contributed by atoms with E-state index in [1.54, 1.807) is 6.07 Å². The normalized spacial score (nSPS) is 11.7. The number of carbonyl (C=O) groups is 1. The molecule has 28 heavy (non-hydrogen) atoms. The van der Waals surface area contributed by atoms with E-state index in [2.05, 4.69) is 4.74 Å². The summed E-state index contributed by atoms with van der Waals surface area (Å²) >= 11 is 0. The average molecular weight is 418 g/mol. The number of carbonyl (C=O) groups excluding carboxylic acids is 1. The Hall–Kier alpha value is -3.60. The highest BCUT2D eigenvalue weighted by Crippen LogP contribution is 2.35. The van der Waals surface area contributed by atoms with E-state index < -0.39 is 48.2 Å². The molecule has 0 aliphatic heterocycles. The summed E-state index contributed by atoms with van der Waals surface area (Å²) < 4.78 is 66.4. The monoisotopic (exact) mass is 418 g/mol. The summed E-state index contributed by atoms with van der Waals surface area (Å²) in [5, 5.41) is 20.4. The number of hydrogen-bond donors (Lipinski definition) is 1. The first kappa shape index (κ1) is 20.7. The molecule has 1 aromatic carbocycles. The zero-order valence-corrected chi connectivity index (χ0v) is 14.5. The number of aromatic nitrogens is 1. The number of nitro benzene ring substituents is 1. The number of esters is 1. The van der Waals surface area contributed by atoms with Crippen molar-refractivity contribution in [1.82, 2.24) is 4.57 Å². The fourth-order valence-electron chi connectivity index (χ4n) is 2.26. The molecule has 0 aliphatic carbocycles. The maximum absolute atomic E-state index is 12.7. The fraction of sp³-hybridized carbons (Fsp3) is 0.143. The lowest BCUT2D eigenvalue weighted by molar-refractivity contribution is -0.384. The smallest absolute Gasteiger partial charge is 0.464 e. The Morgan fingerprint density at radius 1 is 1.39 bits per heavy atom. The van der Waals surface area contributed by atoms with Crippen LogP contribution in [-0.2, 0) is 14.6 Å². The van der Waals surface area contributed by atoms with E-state index in [0.29, 0.717) is 12.1 Å². The number of nitrogens with two attached hydrogens (primary N) is 1. The van der Waals surface area contributed by atoms with E-state index in [9.17, 15) is 36.5 Å². The Morgan fingerprint density at radius 3 is 2.46 bits per heavy atom. The third kappa shape index (κ3) is 3.22. The number of methoxy groups -OCH3 is 1. The maximum atomic E-state index is 12.7. The van der Waals surface area contributed by atoms with Crippen LogP contribution in [0.4, 0.5) is 24.5 Å². The minimum Gasteiger partial charge on any atom is -0.464 e. The molecule has 2 N–H and O–H groups in total. The van der Waals surface area contributed by atoms with Crippen LogP contribution in [0.3, 0.4) is 0 Å².